The van der Waals surface area contributed by atoms with Gasteiger partial charge in [0.1, 0.15) is 11.9 Å². The molecule has 1 aliphatic rings. The van der Waals surface area contributed by atoms with Gasteiger partial charge in [0.05, 0.1) is 11.7 Å². The molecule has 112 valence electrons. The van der Waals surface area contributed by atoms with Crippen molar-refractivity contribution in [1.29, 1.82) is 0 Å². The number of rotatable bonds is 8. The molecule has 0 saturated heterocycles. The maximum atomic E-state index is 12.2. The molecule has 0 radical (unpaired) electrons. The van der Waals surface area contributed by atoms with Crippen LogP contribution < -0.4 is 5.32 Å². The molecule has 2 atom stereocenters. The molecule has 2 N–H and O–H groups in total. The van der Waals surface area contributed by atoms with Crippen LogP contribution in [0.2, 0.25) is 0 Å². The van der Waals surface area contributed by atoms with Gasteiger partial charge in [0, 0.05) is 26.2 Å². The quantitative estimate of drug-likeness (QED) is 0.764. The van der Waals surface area contributed by atoms with Crippen LogP contribution in [-0.4, -0.2) is 30.8 Å². The second-order valence-corrected chi connectivity index (χ2v) is 5.66. The van der Waals surface area contributed by atoms with Crippen LogP contribution in [0.25, 0.3) is 0 Å². The van der Waals surface area contributed by atoms with Gasteiger partial charge in [0.25, 0.3) is 0 Å². The second kappa shape index (κ2) is 6.41. The number of carbonyl (C=O) groups is 1. The van der Waals surface area contributed by atoms with E-state index in [4.69, 9.17) is 9.15 Å². The first-order valence-corrected chi connectivity index (χ1v) is 7.09. The Balaban J connectivity index is 1.79. The zero-order valence-corrected chi connectivity index (χ0v) is 12.1. The first kappa shape index (κ1) is 15.1. The van der Waals surface area contributed by atoms with Crippen LogP contribution >= 0.6 is 0 Å². The van der Waals surface area contributed by atoms with E-state index in [1.165, 1.54) is 6.26 Å². The van der Waals surface area contributed by atoms with Gasteiger partial charge in [-0.2, -0.15) is 0 Å². The topological polar surface area (TPSA) is 71.7 Å². The molecular weight excluding hydrogens is 258 g/mol. The average Bonchev–Trinajstić information content (AvgIpc) is 2.99. The number of furan rings is 1. The molecule has 20 heavy (non-hydrogen) atoms. The van der Waals surface area contributed by atoms with Gasteiger partial charge in [-0.15, -0.1) is 0 Å². The number of nitrogens with one attached hydrogen (secondary N) is 1. The van der Waals surface area contributed by atoms with E-state index in [0.717, 1.165) is 19.3 Å². The molecule has 5 nitrogen and oxygen atoms in total. The summed E-state index contributed by atoms with van der Waals surface area (Å²) < 4.78 is 10.2. The van der Waals surface area contributed by atoms with Crippen molar-refractivity contribution >= 4 is 5.91 Å². The van der Waals surface area contributed by atoms with Crippen molar-refractivity contribution in [2.75, 3.05) is 13.7 Å². The Hall–Kier alpha value is -1.33. The summed E-state index contributed by atoms with van der Waals surface area (Å²) in [5.74, 6) is 0.611. The van der Waals surface area contributed by atoms with Crippen LogP contribution in [0.1, 0.15) is 44.5 Å². The summed E-state index contributed by atoms with van der Waals surface area (Å²) >= 11 is 0. The van der Waals surface area contributed by atoms with Crippen molar-refractivity contribution in [2.45, 2.75) is 44.8 Å². The predicted octanol–water partition coefficient (Wildman–Crippen LogP) is 2.02. The van der Waals surface area contributed by atoms with E-state index in [1.807, 2.05) is 6.92 Å². The summed E-state index contributed by atoms with van der Waals surface area (Å²) in [6.45, 7) is 2.51. The number of hydrogen-bond donors (Lipinski definition) is 2. The number of amides is 1. The Morgan fingerprint density at radius 2 is 2.35 bits per heavy atom. The van der Waals surface area contributed by atoms with Crippen LogP contribution in [-0.2, 0) is 9.53 Å². The molecule has 1 amide bonds. The zero-order valence-electron chi connectivity index (χ0n) is 12.1. The Kier molecular flexibility index (Phi) is 4.83. The highest BCUT2D eigenvalue weighted by atomic mass is 16.5. The summed E-state index contributed by atoms with van der Waals surface area (Å²) in [4.78, 5) is 12.2. The highest BCUT2D eigenvalue weighted by Gasteiger charge is 2.49. The van der Waals surface area contributed by atoms with E-state index in [2.05, 4.69) is 5.32 Å². The molecule has 1 fully saturated rings. The lowest BCUT2D eigenvalue weighted by Crippen LogP contribution is -2.39. The van der Waals surface area contributed by atoms with Gasteiger partial charge in [-0.05, 0) is 38.3 Å². The number of ether oxygens (including phenoxy) is 1. The van der Waals surface area contributed by atoms with E-state index < -0.39 is 6.10 Å². The first-order chi connectivity index (χ1) is 9.57. The fraction of sp³-hybridized carbons (Fsp3) is 0.667. The van der Waals surface area contributed by atoms with Gasteiger partial charge in [-0.25, -0.2) is 0 Å². The van der Waals surface area contributed by atoms with E-state index >= 15 is 0 Å². The standard InChI is InChI=1S/C15H23NO4/c1-11(10-12(17)13-4-3-8-20-13)16-14(18)15(5-6-15)7-9-19-2/h3-4,8,11-12,17H,5-7,9-10H2,1-2H3,(H,16,18). The first-order valence-electron chi connectivity index (χ1n) is 7.09. The van der Waals surface area contributed by atoms with Crippen LogP contribution in [0.5, 0.6) is 0 Å². The van der Waals surface area contributed by atoms with E-state index in [-0.39, 0.29) is 17.4 Å². The average molecular weight is 281 g/mol. The third-order valence-electron chi connectivity index (χ3n) is 3.95. The third kappa shape index (κ3) is 3.61. The molecule has 1 saturated carbocycles. The van der Waals surface area contributed by atoms with Crippen molar-refractivity contribution in [3.05, 3.63) is 24.2 Å². The molecule has 1 aliphatic carbocycles. The summed E-state index contributed by atoms with van der Waals surface area (Å²) in [6, 6.07) is 3.38. The van der Waals surface area contributed by atoms with Crippen molar-refractivity contribution < 1.29 is 19.1 Å². The van der Waals surface area contributed by atoms with Gasteiger partial charge in [-0.1, -0.05) is 0 Å². The lowest BCUT2D eigenvalue weighted by Gasteiger charge is -2.21. The van der Waals surface area contributed by atoms with Gasteiger partial charge in [0.15, 0.2) is 0 Å². The molecule has 5 heteroatoms. The van der Waals surface area contributed by atoms with Crippen molar-refractivity contribution in [2.24, 2.45) is 5.41 Å². The fourth-order valence-corrected chi connectivity index (χ4v) is 2.41. The SMILES string of the molecule is COCCC1(C(=O)NC(C)CC(O)c2ccco2)CC1. The Labute approximate surface area is 119 Å². The van der Waals surface area contributed by atoms with Gasteiger partial charge >= 0.3 is 0 Å². The smallest absolute Gasteiger partial charge is 0.226 e. The van der Waals surface area contributed by atoms with Crippen molar-refractivity contribution in [1.82, 2.24) is 5.32 Å². The monoisotopic (exact) mass is 281 g/mol. The largest absolute Gasteiger partial charge is 0.467 e. The molecule has 1 aromatic heterocycles. The summed E-state index contributed by atoms with van der Waals surface area (Å²) in [5, 5.41) is 13.0. The van der Waals surface area contributed by atoms with Crippen LogP contribution in [0.15, 0.2) is 22.8 Å². The Morgan fingerprint density at radius 3 is 2.90 bits per heavy atom. The van der Waals surface area contributed by atoms with E-state index in [9.17, 15) is 9.90 Å². The lowest BCUT2D eigenvalue weighted by atomic mass is 10.0. The number of aliphatic hydroxyl groups excluding tert-OH is 1. The van der Waals surface area contributed by atoms with Gasteiger partial charge < -0.3 is 19.6 Å². The lowest BCUT2D eigenvalue weighted by molar-refractivity contribution is -0.127. The predicted molar refractivity (Wildman–Crippen MR) is 74.0 cm³/mol. The van der Waals surface area contributed by atoms with Crippen LogP contribution in [0.3, 0.4) is 0 Å². The molecule has 1 aromatic rings. The third-order valence-corrected chi connectivity index (χ3v) is 3.95. The maximum Gasteiger partial charge on any atom is 0.226 e. The van der Waals surface area contributed by atoms with Crippen molar-refractivity contribution in [3.63, 3.8) is 0 Å². The normalized spacial score (nSPS) is 19.4. The molecular formula is C15H23NO4. The van der Waals surface area contributed by atoms with Crippen molar-refractivity contribution in [3.8, 4) is 0 Å². The summed E-state index contributed by atoms with van der Waals surface area (Å²) in [6.07, 6.45) is 3.91. The van der Waals surface area contributed by atoms with Gasteiger partial charge in [0.2, 0.25) is 5.91 Å². The minimum absolute atomic E-state index is 0.0775. The summed E-state index contributed by atoms with van der Waals surface area (Å²) in [7, 11) is 1.65. The second-order valence-electron chi connectivity index (χ2n) is 5.66. The highest BCUT2D eigenvalue weighted by molar-refractivity contribution is 5.85. The molecule has 0 aliphatic heterocycles. The highest BCUT2D eigenvalue weighted by Crippen LogP contribution is 2.49. The number of hydrogen-bond acceptors (Lipinski definition) is 4. The van der Waals surface area contributed by atoms with E-state index in [1.54, 1.807) is 19.2 Å². The van der Waals surface area contributed by atoms with Gasteiger partial charge in [-0.3, -0.25) is 4.79 Å². The summed E-state index contributed by atoms with van der Waals surface area (Å²) in [5.41, 5.74) is -0.236. The fourth-order valence-electron chi connectivity index (χ4n) is 2.41. The maximum absolute atomic E-state index is 12.2. The molecule has 1 heterocycles. The van der Waals surface area contributed by atoms with Crippen LogP contribution in [0, 0.1) is 5.41 Å². The number of aliphatic hydroxyl groups is 1. The number of methoxy groups -OCH3 is 1. The van der Waals surface area contributed by atoms with E-state index in [0.29, 0.717) is 18.8 Å². The molecule has 2 rings (SSSR count). The zero-order chi connectivity index (χ0) is 14.6. The molecule has 0 spiro atoms. The Morgan fingerprint density at radius 1 is 1.60 bits per heavy atom. The minimum Gasteiger partial charge on any atom is -0.467 e. The molecule has 0 aromatic carbocycles. The number of carbonyl (C=O) groups excluding carboxylic acids is 1. The molecule has 0 bridgehead atoms. The Bertz CT molecular complexity index is 425. The molecule has 2 unspecified atom stereocenters. The minimum atomic E-state index is -0.686. The van der Waals surface area contributed by atoms with Crippen LogP contribution in [0.4, 0.5) is 0 Å².